The molecule has 27 heavy (non-hydrogen) atoms. The number of fused-ring (bicyclic) bond motifs is 1. The zero-order valence-electron chi connectivity index (χ0n) is 15.6. The number of hydrogen-bond donors (Lipinski definition) is 2. The van der Waals surface area contributed by atoms with E-state index in [2.05, 4.69) is 16.4 Å². The van der Waals surface area contributed by atoms with Crippen molar-refractivity contribution in [2.24, 2.45) is 0 Å². The summed E-state index contributed by atoms with van der Waals surface area (Å²) in [5.74, 6) is -0.715. The van der Waals surface area contributed by atoms with E-state index < -0.39 is 11.4 Å². The van der Waals surface area contributed by atoms with Crippen LogP contribution in [0.1, 0.15) is 25.0 Å². The Bertz CT molecular complexity index is 929. The standard InChI is InChI=1S/C22H24N2O3/c1-22(2,17-8-4-3-5-9-17)21(26)27-15-20(25)23-13-12-16-14-24-19-11-7-6-10-18(16)19/h3-11,14,24H,12-13,15H2,1-2H3,(H,23,25). The minimum absolute atomic E-state index is 0.275. The van der Waals surface area contributed by atoms with E-state index in [9.17, 15) is 9.59 Å². The van der Waals surface area contributed by atoms with Crippen LogP contribution in [0.4, 0.5) is 0 Å². The van der Waals surface area contributed by atoms with Crippen molar-refractivity contribution < 1.29 is 14.3 Å². The lowest BCUT2D eigenvalue weighted by Crippen LogP contribution is -2.36. The summed E-state index contributed by atoms with van der Waals surface area (Å²) in [5.41, 5.74) is 2.28. The Labute approximate surface area is 158 Å². The highest BCUT2D eigenvalue weighted by molar-refractivity contribution is 5.86. The molecule has 0 radical (unpaired) electrons. The summed E-state index contributed by atoms with van der Waals surface area (Å²) in [6.45, 7) is 3.79. The molecule has 0 bridgehead atoms. The van der Waals surface area contributed by atoms with Crippen molar-refractivity contribution in [2.75, 3.05) is 13.2 Å². The first-order valence-electron chi connectivity index (χ1n) is 9.03. The number of aromatic nitrogens is 1. The average molecular weight is 364 g/mol. The van der Waals surface area contributed by atoms with Crippen LogP contribution in [-0.2, 0) is 26.2 Å². The molecule has 140 valence electrons. The molecule has 5 heteroatoms. The van der Waals surface area contributed by atoms with Gasteiger partial charge in [-0.2, -0.15) is 0 Å². The summed E-state index contributed by atoms with van der Waals surface area (Å²) < 4.78 is 5.22. The number of benzene rings is 2. The molecule has 0 spiro atoms. The second-order valence-corrected chi connectivity index (χ2v) is 7.03. The molecule has 0 fully saturated rings. The normalized spacial score (nSPS) is 11.3. The molecule has 1 aromatic heterocycles. The predicted molar refractivity (Wildman–Crippen MR) is 105 cm³/mol. The lowest BCUT2D eigenvalue weighted by atomic mass is 9.85. The van der Waals surface area contributed by atoms with E-state index in [1.165, 1.54) is 0 Å². The maximum atomic E-state index is 12.4. The fraction of sp³-hybridized carbons (Fsp3) is 0.273. The number of para-hydroxylation sites is 1. The molecular formula is C22H24N2O3. The number of rotatable bonds is 7. The number of aromatic amines is 1. The predicted octanol–water partition coefficient (Wildman–Crippen LogP) is 3.35. The fourth-order valence-corrected chi connectivity index (χ4v) is 3.01. The third kappa shape index (κ3) is 4.37. The van der Waals surface area contributed by atoms with Gasteiger partial charge >= 0.3 is 5.97 Å². The topological polar surface area (TPSA) is 71.2 Å². The highest BCUT2D eigenvalue weighted by Gasteiger charge is 2.31. The fourth-order valence-electron chi connectivity index (χ4n) is 3.01. The summed E-state index contributed by atoms with van der Waals surface area (Å²) in [6, 6.07) is 17.4. The van der Waals surface area contributed by atoms with Crippen molar-refractivity contribution in [3.05, 3.63) is 71.9 Å². The van der Waals surface area contributed by atoms with Gasteiger partial charge in [0.15, 0.2) is 6.61 Å². The van der Waals surface area contributed by atoms with Crippen molar-refractivity contribution in [2.45, 2.75) is 25.7 Å². The van der Waals surface area contributed by atoms with Gasteiger partial charge in [-0.15, -0.1) is 0 Å². The Morgan fingerprint density at radius 3 is 2.52 bits per heavy atom. The maximum absolute atomic E-state index is 12.4. The van der Waals surface area contributed by atoms with Crippen molar-refractivity contribution in [3.63, 3.8) is 0 Å². The lowest BCUT2D eigenvalue weighted by Gasteiger charge is -2.22. The third-order valence-electron chi connectivity index (χ3n) is 4.73. The number of carbonyl (C=O) groups is 2. The number of nitrogens with one attached hydrogen (secondary N) is 2. The maximum Gasteiger partial charge on any atom is 0.316 e. The Morgan fingerprint density at radius 2 is 1.74 bits per heavy atom. The molecule has 2 aromatic carbocycles. The Hall–Kier alpha value is -3.08. The summed E-state index contributed by atoms with van der Waals surface area (Å²) in [5, 5.41) is 3.96. The van der Waals surface area contributed by atoms with Crippen molar-refractivity contribution in [3.8, 4) is 0 Å². The second-order valence-electron chi connectivity index (χ2n) is 7.03. The van der Waals surface area contributed by atoms with E-state index in [0.29, 0.717) is 13.0 Å². The van der Waals surface area contributed by atoms with Gasteiger partial charge in [-0.05, 0) is 37.5 Å². The molecule has 0 saturated carbocycles. The SMILES string of the molecule is CC(C)(C(=O)OCC(=O)NCCc1c[nH]c2ccccc12)c1ccccc1. The third-order valence-corrected chi connectivity index (χ3v) is 4.73. The monoisotopic (exact) mass is 364 g/mol. The molecule has 0 atom stereocenters. The van der Waals surface area contributed by atoms with Gasteiger partial charge in [0, 0.05) is 23.6 Å². The number of amides is 1. The molecule has 0 saturated heterocycles. The van der Waals surface area contributed by atoms with E-state index in [-0.39, 0.29) is 12.5 Å². The van der Waals surface area contributed by atoms with Crippen LogP contribution in [0, 0.1) is 0 Å². The van der Waals surface area contributed by atoms with E-state index in [0.717, 1.165) is 22.0 Å². The van der Waals surface area contributed by atoms with Gasteiger partial charge in [-0.25, -0.2) is 0 Å². The highest BCUT2D eigenvalue weighted by atomic mass is 16.5. The van der Waals surface area contributed by atoms with E-state index in [1.807, 2.05) is 54.7 Å². The molecular weight excluding hydrogens is 340 g/mol. The molecule has 0 aliphatic heterocycles. The van der Waals surface area contributed by atoms with Gasteiger partial charge in [0.1, 0.15) is 0 Å². The first-order chi connectivity index (χ1) is 13.0. The first-order valence-corrected chi connectivity index (χ1v) is 9.03. The van der Waals surface area contributed by atoms with Crippen LogP contribution in [0.2, 0.25) is 0 Å². The Balaban J connectivity index is 1.46. The molecule has 0 aliphatic carbocycles. The van der Waals surface area contributed by atoms with Gasteiger partial charge in [-0.3, -0.25) is 9.59 Å². The van der Waals surface area contributed by atoms with E-state index in [1.54, 1.807) is 13.8 Å². The highest BCUT2D eigenvalue weighted by Crippen LogP contribution is 2.24. The van der Waals surface area contributed by atoms with Crippen molar-refractivity contribution >= 4 is 22.8 Å². The lowest BCUT2D eigenvalue weighted by molar-refractivity contribution is -0.153. The van der Waals surface area contributed by atoms with Crippen LogP contribution in [0.25, 0.3) is 10.9 Å². The van der Waals surface area contributed by atoms with Gasteiger partial charge in [0.2, 0.25) is 0 Å². The number of carbonyl (C=O) groups excluding carboxylic acids is 2. The number of H-pyrrole nitrogens is 1. The minimum atomic E-state index is -0.800. The summed E-state index contributed by atoms with van der Waals surface area (Å²) in [7, 11) is 0. The molecule has 3 aromatic rings. The zero-order chi connectivity index (χ0) is 19.3. The van der Waals surface area contributed by atoms with Crippen molar-refractivity contribution in [1.29, 1.82) is 0 Å². The molecule has 5 nitrogen and oxygen atoms in total. The Morgan fingerprint density at radius 1 is 1.04 bits per heavy atom. The van der Waals surface area contributed by atoms with Crippen LogP contribution in [0.3, 0.4) is 0 Å². The molecule has 0 aliphatic rings. The quantitative estimate of drug-likeness (QED) is 0.632. The summed E-state index contributed by atoms with van der Waals surface area (Å²) >= 11 is 0. The average Bonchev–Trinajstić information content (AvgIpc) is 3.10. The largest absolute Gasteiger partial charge is 0.455 e. The van der Waals surface area contributed by atoms with Crippen LogP contribution >= 0.6 is 0 Å². The smallest absolute Gasteiger partial charge is 0.316 e. The zero-order valence-corrected chi connectivity index (χ0v) is 15.6. The Kier molecular flexibility index (Phi) is 5.60. The number of ether oxygens (including phenoxy) is 1. The van der Waals surface area contributed by atoms with Crippen LogP contribution < -0.4 is 5.32 Å². The van der Waals surface area contributed by atoms with Gasteiger partial charge < -0.3 is 15.0 Å². The second kappa shape index (κ2) is 8.08. The first kappa shape index (κ1) is 18.7. The number of esters is 1. The van der Waals surface area contributed by atoms with Gasteiger partial charge in [0.05, 0.1) is 5.41 Å². The molecule has 1 amide bonds. The molecule has 0 unspecified atom stereocenters. The molecule has 3 rings (SSSR count). The molecule has 2 N–H and O–H groups in total. The van der Waals surface area contributed by atoms with Crippen LogP contribution in [0.5, 0.6) is 0 Å². The molecule has 1 heterocycles. The van der Waals surface area contributed by atoms with Crippen LogP contribution in [0.15, 0.2) is 60.8 Å². The minimum Gasteiger partial charge on any atom is -0.455 e. The van der Waals surface area contributed by atoms with Gasteiger partial charge in [0.25, 0.3) is 5.91 Å². The summed E-state index contributed by atoms with van der Waals surface area (Å²) in [4.78, 5) is 27.6. The van der Waals surface area contributed by atoms with Crippen molar-refractivity contribution in [1.82, 2.24) is 10.3 Å². The van der Waals surface area contributed by atoms with E-state index in [4.69, 9.17) is 4.74 Å². The van der Waals surface area contributed by atoms with Crippen LogP contribution in [-0.4, -0.2) is 30.0 Å². The number of hydrogen-bond acceptors (Lipinski definition) is 3. The summed E-state index contributed by atoms with van der Waals surface area (Å²) in [6.07, 6.45) is 2.67. The van der Waals surface area contributed by atoms with E-state index >= 15 is 0 Å². The van der Waals surface area contributed by atoms with Gasteiger partial charge in [-0.1, -0.05) is 48.5 Å².